The van der Waals surface area contributed by atoms with Gasteiger partial charge in [0.25, 0.3) is 0 Å². The number of hydrogen-bond acceptors (Lipinski definition) is 12. The zero-order chi connectivity index (χ0) is 35.0. The Hall–Kier alpha value is -2.96. The first-order valence-electron chi connectivity index (χ1n) is 17.2. The highest BCUT2D eigenvalue weighted by atomic mass is 16.8. The van der Waals surface area contributed by atoms with E-state index >= 15 is 0 Å². The molecule has 0 aromatic rings. The number of aliphatic hydroxyl groups excluding tert-OH is 1. The third-order valence-electron chi connectivity index (χ3n) is 14.8. The number of rotatable bonds is 3. The van der Waals surface area contributed by atoms with Crippen LogP contribution in [0.5, 0.6) is 0 Å². The molecule has 5 aliphatic carbocycles. The predicted molar refractivity (Wildman–Crippen MR) is 163 cm³/mol. The van der Waals surface area contributed by atoms with Gasteiger partial charge < -0.3 is 38.6 Å². The van der Waals surface area contributed by atoms with Gasteiger partial charge >= 0.3 is 17.9 Å². The Morgan fingerprint density at radius 3 is 2.08 bits per heavy atom. The lowest BCUT2D eigenvalue weighted by molar-refractivity contribution is -0.202. The number of carbonyl (C=O) groups excluding carboxylic acids is 4. The molecule has 3 saturated heterocycles. The molecule has 12 heteroatoms. The van der Waals surface area contributed by atoms with Crippen molar-refractivity contribution in [3.63, 3.8) is 0 Å². The fourth-order valence-electron chi connectivity index (χ4n) is 13.0. The largest absolute Gasteiger partial charge is 0.504 e. The fraction of sp³-hybridized carbons (Fsp3) is 0.778. The van der Waals surface area contributed by atoms with E-state index < -0.39 is 123 Å². The summed E-state index contributed by atoms with van der Waals surface area (Å²) in [7, 11) is 0. The molecule has 18 atom stereocenters. The van der Waals surface area contributed by atoms with E-state index in [-0.39, 0.29) is 17.8 Å². The zero-order valence-electron chi connectivity index (χ0n) is 28.9. The van der Waals surface area contributed by atoms with Crippen LogP contribution in [-0.4, -0.2) is 81.9 Å². The highest BCUT2D eigenvalue weighted by molar-refractivity contribution is 5.98. The molecule has 12 nitrogen and oxygen atoms in total. The van der Waals surface area contributed by atoms with E-state index in [0.717, 1.165) is 0 Å². The molecule has 4 saturated carbocycles. The third-order valence-corrected chi connectivity index (χ3v) is 14.8. The van der Waals surface area contributed by atoms with Crippen LogP contribution in [0.25, 0.3) is 0 Å². The summed E-state index contributed by atoms with van der Waals surface area (Å²) in [5.41, 5.74) is -4.53. The molecular formula is C36H46O12. The van der Waals surface area contributed by atoms with E-state index in [2.05, 4.69) is 6.58 Å². The van der Waals surface area contributed by atoms with Gasteiger partial charge in [-0.25, -0.2) is 0 Å². The van der Waals surface area contributed by atoms with E-state index in [0.29, 0.717) is 12.0 Å². The minimum Gasteiger partial charge on any atom is -0.504 e. The second-order valence-corrected chi connectivity index (χ2v) is 16.7. The van der Waals surface area contributed by atoms with Gasteiger partial charge in [-0.3, -0.25) is 19.2 Å². The number of ether oxygens (including phenoxy) is 6. The number of carbonyl (C=O) groups is 4. The van der Waals surface area contributed by atoms with Crippen molar-refractivity contribution >= 4 is 23.7 Å². The van der Waals surface area contributed by atoms with Gasteiger partial charge in [-0.05, 0) is 37.7 Å². The highest BCUT2D eigenvalue weighted by Crippen LogP contribution is 2.82. The number of hydrogen-bond donors (Lipinski definition) is 2. The summed E-state index contributed by atoms with van der Waals surface area (Å²) < 4.78 is 37.4. The summed E-state index contributed by atoms with van der Waals surface area (Å²) in [5.74, 6) is -7.63. The summed E-state index contributed by atoms with van der Waals surface area (Å²) in [6.07, 6.45) is -3.45. The van der Waals surface area contributed by atoms with Crippen molar-refractivity contribution in [2.45, 2.75) is 117 Å². The number of esters is 3. The number of Topliss-reactive ketones (excluding diaryl/α,β-unsaturated/α-hetero) is 1. The highest BCUT2D eigenvalue weighted by Gasteiger charge is 2.91. The minimum absolute atomic E-state index is 0.139. The van der Waals surface area contributed by atoms with Gasteiger partial charge in [0.15, 0.2) is 5.76 Å². The normalized spacial score (nSPS) is 56.6. The smallest absolute Gasteiger partial charge is 0.303 e. The van der Waals surface area contributed by atoms with Crippen LogP contribution in [0.4, 0.5) is 0 Å². The van der Waals surface area contributed by atoms with E-state index in [1.54, 1.807) is 6.92 Å². The quantitative estimate of drug-likeness (QED) is 0.256. The van der Waals surface area contributed by atoms with Crippen molar-refractivity contribution in [2.24, 2.45) is 57.7 Å². The monoisotopic (exact) mass is 670 g/mol. The lowest BCUT2D eigenvalue weighted by Gasteiger charge is -2.62. The molecule has 0 radical (unpaired) electrons. The van der Waals surface area contributed by atoms with Crippen molar-refractivity contribution in [3.8, 4) is 0 Å². The van der Waals surface area contributed by atoms with Gasteiger partial charge in [0, 0.05) is 61.2 Å². The molecule has 0 amide bonds. The van der Waals surface area contributed by atoms with Crippen LogP contribution in [0, 0.1) is 57.7 Å². The predicted octanol–water partition coefficient (Wildman–Crippen LogP) is 3.15. The minimum atomic E-state index is -1.63. The maximum Gasteiger partial charge on any atom is 0.303 e. The molecule has 3 aliphatic heterocycles. The van der Waals surface area contributed by atoms with Gasteiger partial charge in [0.2, 0.25) is 11.6 Å². The Labute approximate surface area is 279 Å². The second-order valence-electron chi connectivity index (χ2n) is 16.7. The van der Waals surface area contributed by atoms with Crippen molar-refractivity contribution in [1.82, 2.24) is 0 Å². The molecule has 8 aliphatic rings. The van der Waals surface area contributed by atoms with Crippen LogP contribution in [0.2, 0.25) is 0 Å². The molecule has 0 unspecified atom stereocenters. The van der Waals surface area contributed by atoms with Crippen LogP contribution >= 0.6 is 0 Å². The third kappa shape index (κ3) is 3.33. The van der Waals surface area contributed by atoms with Crippen molar-refractivity contribution in [1.29, 1.82) is 0 Å². The SMILES string of the molecule is C=C1O[C@]23O[C@H]2[C@@H](C)[C@H]2[C@@H]([C@H](OC(C)=O)[C@H]4C5=C(O)C(=O)[C@H]6C[C@@H]7O[C@@H]7[C@H](OC(C)=O)[C@]6(C)[C@H]5[C@H](C)[C@H](OC(C)=O)[C@]24C)[C@@]3(C)[C@]1(C)O. The van der Waals surface area contributed by atoms with Crippen molar-refractivity contribution in [2.75, 3.05) is 0 Å². The van der Waals surface area contributed by atoms with Crippen LogP contribution in [0.15, 0.2) is 23.7 Å². The number of epoxide rings is 2. The van der Waals surface area contributed by atoms with Crippen LogP contribution in [-0.2, 0) is 47.6 Å². The summed E-state index contributed by atoms with van der Waals surface area (Å²) >= 11 is 0. The summed E-state index contributed by atoms with van der Waals surface area (Å²) in [5, 5.41) is 24.4. The molecular weight excluding hydrogens is 624 g/mol. The Morgan fingerprint density at radius 2 is 1.48 bits per heavy atom. The number of ketones is 1. The molecule has 0 aromatic heterocycles. The number of fused-ring (bicyclic) bond motifs is 9. The van der Waals surface area contributed by atoms with Gasteiger partial charge in [0.05, 0.1) is 11.5 Å². The number of aliphatic hydroxyl groups is 2. The number of allylic oxidation sites excluding steroid dienone is 1. The van der Waals surface area contributed by atoms with Gasteiger partial charge in [-0.2, -0.15) is 0 Å². The summed E-state index contributed by atoms with van der Waals surface area (Å²) in [4.78, 5) is 53.2. The van der Waals surface area contributed by atoms with Gasteiger partial charge in [0.1, 0.15) is 41.9 Å². The van der Waals surface area contributed by atoms with E-state index in [9.17, 15) is 29.4 Å². The van der Waals surface area contributed by atoms with E-state index in [4.69, 9.17) is 28.4 Å². The second kappa shape index (κ2) is 9.23. The molecule has 2 N–H and O–H groups in total. The lowest BCUT2D eigenvalue weighted by Crippen LogP contribution is -2.67. The van der Waals surface area contributed by atoms with Gasteiger partial charge in [-0.1, -0.05) is 34.3 Å². The van der Waals surface area contributed by atoms with Crippen LogP contribution in [0.3, 0.4) is 0 Å². The summed E-state index contributed by atoms with van der Waals surface area (Å²) in [6, 6.07) is 0. The molecule has 0 bridgehead atoms. The zero-order valence-corrected chi connectivity index (χ0v) is 28.9. The van der Waals surface area contributed by atoms with E-state index in [1.165, 1.54) is 20.8 Å². The Morgan fingerprint density at radius 1 is 0.875 bits per heavy atom. The van der Waals surface area contributed by atoms with Crippen LogP contribution < -0.4 is 0 Å². The van der Waals surface area contributed by atoms with Crippen LogP contribution in [0.1, 0.15) is 68.7 Å². The molecule has 262 valence electrons. The molecule has 8 rings (SSSR count). The van der Waals surface area contributed by atoms with Gasteiger partial charge in [-0.15, -0.1) is 0 Å². The Bertz CT molecular complexity index is 1610. The van der Waals surface area contributed by atoms with Crippen molar-refractivity contribution < 1.29 is 57.8 Å². The topological polar surface area (TPSA) is 171 Å². The van der Waals surface area contributed by atoms with Crippen molar-refractivity contribution in [3.05, 3.63) is 23.7 Å². The van der Waals surface area contributed by atoms with E-state index in [1.807, 2.05) is 34.6 Å². The summed E-state index contributed by atoms with van der Waals surface area (Å²) in [6.45, 7) is 19.4. The molecule has 0 aromatic carbocycles. The molecule has 3 heterocycles. The first-order valence-corrected chi connectivity index (χ1v) is 17.2. The maximum absolute atomic E-state index is 14.4. The lowest BCUT2D eigenvalue weighted by atomic mass is 9.42. The first kappa shape index (κ1) is 32.3. The standard InChI is InChI=1S/C36H46O12/c1-12-21-20(26(41)25(40)18-11-19-27(46-19)31(32(18,21)7)45-17(6)39)23-28(43-15(4)37)24-22(33(23,8)29(12)44-16(5)38)13(2)30-36(48-30)34(24,9)35(10,42)14(3)47-36/h12-13,18-19,21-24,27-31,41-42H,3,11H2,1-2,4-10H3/t12-,13-,18+,19-,21-,22-,23+,24-,27-,28+,29-,30-,31-,32-,33+,34-,35+,36-/m0/s1. The molecule has 7 fully saturated rings. The average Bonchev–Trinajstić information content (AvgIpc) is 3.88. The molecule has 1 spiro atoms. The molecule has 48 heavy (non-hydrogen) atoms. The maximum atomic E-state index is 14.4. The average molecular weight is 671 g/mol. The fourth-order valence-corrected chi connectivity index (χ4v) is 13.0. The Kier molecular flexibility index (Phi) is 6.20. The first-order chi connectivity index (χ1) is 22.2. The Balaban J connectivity index is 1.41.